The number of rotatable bonds is 7. The Morgan fingerprint density at radius 3 is 2.71 bits per heavy atom. The zero-order valence-corrected chi connectivity index (χ0v) is 15.2. The molecule has 1 aromatic heterocycles. The molecule has 8 heteroatoms. The number of hydrogen-bond donors (Lipinski definition) is 1. The minimum absolute atomic E-state index is 0.0725. The highest BCUT2D eigenvalue weighted by atomic mass is 35.5. The lowest BCUT2D eigenvalue weighted by molar-refractivity contribution is -0.122. The Balaban J connectivity index is 1.98. The molecule has 0 saturated carbocycles. The number of nitrogens with one attached hydrogen (secondary N) is 1. The van der Waals surface area contributed by atoms with Crippen molar-refractivity contribution in [1.29, 1.82) is 0 Å². The summed E-state index contributed by atoms with van der Waals surface area (Å²) in [7, 11) is 1.99. The molecule has 2 rings (SSSR count). The van der Waals surface area contributed by atoms with Crippen molar-refractivity contribution in [3.05, 3.63) is 40.7 Å². The number of nitrogens with zero attached hydrogens (tertiary/aromatic N) is 5. The van der Waals surface area contributed by atoms with Crippen molar-refractivity contribution in [2.75, 3.05) is 7.05 Å². The Labute approximate surface area is 147 Å². The number of halogens is 1. The van der Waals surface area contributed by atoms with Gasteiger partial charge in [0, 0.05) is 11.1 Å². The summed E-state index contributed by atoms with van der Waals surface area (Å²) >= 11 is 6.16. The lowest BCUT2D eigenvalue weighted by atomic mass is 10.1. The maximum absolute atomic E-state index is 12.3. The van der Waals surface area contributed by atoms with Crippen molar-refractivity contribution in [1.82, 2.24) is 30.4 Å². The van der Waals surface area contributed by atoms with Crippen LogP contribution in [0.25, 0.3) is 0 Å². The third kappa shape index (κ3) is 4.75. The first kappa shape index (κ1) is 18.4. The highest BCUT2D eigenvalue weighted by molar-refractivity contribution is 6.31. The van der Waals surface area contributed by atoms with Crippen LogP contribution in [0.5, 0.6) is 0 Å². The Bertz CT molecular complexity index is 687. The number of carbonyl (C=O) groups is 1. The SMILES string of the molecule is CC(NC(=O)Cn1nnnc1CN(C)C(C)C)c1ccccc1Cl. The fraction of sp³-hybridized carbons (Fsp3) is 0.500. The Hall–Kier alpha value is -1.99. The Morgan fingerprint density at radius 2 is 2.04 bits per heavy atom. The van der Waals surface area contributed by atoms with E-state index in [0.29, 0.717) is 23.4 Å². The van der Waals surface area contributed by atoms with E-state index in [9.17, 15) is 4.79 Å². The summed E-state index contributed by atoms with van der Waals surface area (Å²) in [5, 5.41) is 15.1. The average Bonchev–Trinajstić information content (AvgIpc) is 2.94. The van der Waals surface area contributed by atoms with Crippen molar-refractivity contribution in [3.8, 4) is 0 Å². The first-order chi connectivity index (χ1) is 11.4. The number of aromatic nitrogens is 4. The predicted octanol–water partition coefficient (Wildman–Crippen LogP) is 2.04. The molecule has 0 saturated heterocycles. The van der Waals surface area contributed by atoms with E-state index in [4.69, 9.17) is 11.6 Å². The van der Waals surface area contributed by atoms with E-state index in [1.54, 1.807) is 6.07 Å². The first-order valence-corrected chi connectivity index (χ1v) is 8.25. The molecule has 0 spiro atoms. The molecule has 2 aromatic rings. The fourth-order valence-electron chi connectivity index (χ4n) is 2.19. The molecule has 0 aliphatic carbocycles. The summed E-state index contributed by atoms with van der Waals surface area (Å²) in [4.78, 5) is 14.4. The van der Waals surface area contributed by atoms with Gasteiger partial charge in [-0.2, -0.15) is 0 Å². The zero-order valence-electron chi connectivity index (χ0n) is 14.4. The van der Waals surface area contributed by atoms with Crippen LogP contribution in [0.4, 0.5) is 0 Å². The van der Waals surface area contributed by atoms with E-state index < -0.39 is 0 Å². The molecule has 0 fully saturated rings. The van der Waals surface area contributed by atoms with Gasteiger partial charge in [-0.3, -0.25) is 9.69 Å². The first-order valence-electron chi connectivity index (χ1n) is 7.87. The molecule has 1 aromatic carbocycles. The number of hydrogen-bond acceptors (Lipinski definition) is 5. The average molecular weight is 351 g/mol. The van der Waals surface area contributed by atoms with Gasteiger partial charge < -0.3 is 5.32 Å². The van der Waals surface area contributed by atoms with Crippen LogP contribution in [0, 0.1) is 0 Å². The Morgan fingerprint density at radius 1 is 1.33 bits per heavy atom. The summed E-state index contributed by atoms with van der Waals surface area (Å²) in [6.07, 6.45) is 0. The molecule has 0 aliphatic heterocycles. The summed E-state index contributed by atoms with van der Waals surface area (Å²) in [5.41, 5.74) is 0.879. The molecular formula is C16H23ClN6O. The molecule has 24 heavy (non-hydrogen) atoms. The van der Waals surface area contributed by atoms with Gasteiger partial charge in [-0.05, 0) is 49.9 Å². The number of benzene rings is 1. The molecule has 7 nitrogen and oxygen atoms in total. The summed E-state index contributed by atoms with van der Waals surface area (Å²) in [6, 6.07) is 7.63. The molecule has 1 heterocycles. The molecule has 0 bridgehead atoms. The molecule has 0 radical (unpaired) electrons. The lowest BCUT2D eigenvalue weighted by Gasteiger charge is -2.20. The standard InChI is InChI=1S/C16H23ClN6O/c1-11(2)22(4)9-15-19-20-21-23(15)10-16(24)18-12(3)13-7-5-6-8-14(13)17/h5-8,11-12H,9-10H2,1-4H3,(H,18,24). The molecular weight excluding hydrogens is 328 g/mol. The molecule has 1 amide bonds. The predicted molar refractivity (Wildman–Crippen MR) is 92.4 cm³/mol. The third-order valence-electron chi connectivity index (χ3n) is 3.92. The van der Waals surface area contributed by atoms with E-state index in [0.717, 1.165) is 5.56 Å². The van der Waals surface area contributed by atoms with Gasteiger partial charge in [0.2, 0.25) is 5.91 Å². The van der Waals surface area contributed by atoms with Crippen LogP contribution in [0.15, 0.2) is 24.3 Å². The van der Waals surface area contributed by atoms with Gasteiger partial charge in [0.05, 0.1) is 12.6 Å². The van der Waals surface area contributed by atoms with Crippen LogP contribution in [0.3, 0.4) is 0 Å². The molecule has 1 atom stereocenters. The van der Waals surface area contributed by atoms with Gasteiger partial charge >= 0.3 is 0 Å². The van der Waals surface area contributed by atoms with Crippen molar-refractivity contribution in [3.63, 3.8) is 0 Å². The monoisotopic (exact) mass is 350 g/mol. The van der Waals surface area contributed by atoms with Crippen molar-refractivity contribution in [2.45, 2.75) is 45.9 Å². The molecule has 130 valence electrons. The van der Waals surface area contributed by atoms with Crippen LogP contribution in [-0.2, 0) is 17.9 Å². The van der Waals surface area contributed by atoms with E-state index in [1.807, 2.05) is 32.2 Å². The molecule has 1 N–H and O–H groups in total. The number of carbonyl (C=O) groups excluding carboxylic acids is 1. The second-order valence-corrected chi connectivity index (χ2v) is 6.48. The fourth-order valence-corrected chi connectivity index (χ4v) is 2.49. The smallest absolute Gasteiger partial charge is 0.242 e. The Kier molecular flexibility index (Phi) is 6.28. The van der Waals surface area contributed by atoms with Crippen LogP contribution in [0.1, 0.15) is 38.2 Å². The van der Waals surface area contributed by atoms with E-state index in [1.165, 1.54) is 4.68 Å². The minimum atomic E-state index is -0.190. The number of tetrazole rings is 1. The maximum atomic E-state index is 12.3. The van der Waals surface area contributed by atoms with Crippen LogP contribution in [0.2, 0.25) is 5.02 Å². The summed E-state index contributed by atoms with van der Waals surface area (Å²) in [5.74, 6) is 0.495. The van der Waals surface area contributed by atoms with E-state index in [-0.39, 0.29) is 18.5 Å². The summed E-state index contributed by atoms with van der Waals surface area (Å²) in [6.45, 7) is 6.73. The summed E-state index contributed by atoms with van der Waals surface area (Å²) < 4.78 is 1.52. The minimum Gasteiger partial charge on any atom is -0.348 e. The van der Waals surface area contributed by atoms with Gasteiger partial charge in [0.25, 0.3) is 0 Å². The largest absolute Gasteiger partial charge is 0.348 e. The second kappa shape index (κ2) is 8.21. The van der Waals surface area contributed by atoms with Gasteiger partial charge in [-0.15, -0.1) is 5.10 Å². The van der Waals surface area contributed by atoms with Gasteiger partial charge in [0.15, 0.2) is 5.82 Å². The molecule has 1 unspecified atom stereocenters. The second-order valence-electron chi connectivity index (χ2n) is 6.07. The van der Waals surface area contributed by atoms with Crippen molar-refractivity contribution in [2.24, 2.45) is 0 Å². The quantitative estimate of drug-likeness (QED) is 0.827. The highest BCUT2D eigenvalue weighted by Crippen LogP contribution is 2.21. The van der Waals surface area contributed by atoms with Crippen LogP contribution in [-0.4, -0.2) is 44.1 Å². The highest BCUT2D eigenvalue weighted by Gasteiger charge is 2.16. The van der Waals surface area contributed by atoms with Crippen molar-refractivity contribution >= 4 is 17.5 Å². The van der Waals surface area contributed by atoms with Crippen molar-refractivity contribution < 1.29 is 4.79 Å². The van der Waals surface area contributed by atoms with Gasteiger partial charge in [0.1, 0.15) is 6.54 Å². The van der Waals surface area contributed by atoms with Gasteiger partial charge in [-0.1, -0.05) is 29.8 Å². The van der Waals surface area contributed by atoms with Gasteiger partial charge in [-0.25, -0.2) is 4.68 Å². The lowest BCUT2D eigenvalue weighted by Crippen LogP contribution is -2.32. The van der Waals surface area contributed by atoms with Crippen LogP contribution >= 0.6 is 11.6 Å². The third-order valence-corrected chi connectivity index (χ3v) is 4.27. The van der Waals surface area contributed by atoms with E-state index in [2.05, 4.69) is 39.6 Å². The van der Waals surface area contributed by atoms with Crippen LogP contribution < -0.4 is 5.32 Å². The zero-order chi connectivity index (χ0) is 17.7. The molecule has 0 aliphatic rings. The topological polar surface area (TPSA) is 75.9 Å². The van der Waals surface area contributed by atoms with E-state index >= 15 is 0 Å². The maximum Gasteiger partial charge on any atom is 0.242 e. The normalized spacial score (nSPS) is 12.6. The number of amides is 1.